The first-order valence-electron chi connectivity index (χ1n) is 6.25. The van der Waals surface area contributed by atoms with Gasteiger partial charge in [0, 0.05) is 26.0 Å². The Balaban J connectivity index is 2.23. The summed E-state index contributed by atoms with van der Waals surface area (Å²) < 4.78 is 14.0. The van der Waals surface area contributed by atoms with Gasteiger partial charge in [-0.15, -0.1) is 0 Å². The van der Waals surface area contributed by atoms with Gasteiger partial charge in [-0.3, -0.25) is 4.79 Å². The summed E-state index contributed by atoms with van der Waals surface area (Å²) in [5, 5.41) is 2.14. The van der Waals surface area contributed by atoms with Crippen molar-refractivity contribution in [3.05, 3.63) is 81.0 Å². The molecular weight excluding hydrogens is 355 g/mol. The number of rotatable bonds is 2. The Kier molecular flexibility index (Phi) is 3.79. The molecular formula is C17H9BrClFO. The normalized spacial score (nSPS) is 10.8. The lowest BCUT2D eigenvalue weighted by Gasteiger charge is -2.09. The van der Waals surface area contributed by atoms with E-state index in [1.807, 2.05) is 24.3 Å². The Morgan fingerprint density at radius 3 is 2.43 bits per heavy atom. The molecule has 0 N–H and O–H groups in total. The highest BCUT2D eigenvalue weighted by atomic mass is 79.9. The molecule has 0 spiro atoms. The molecule has 0 aliphatic rings. The fourth-order valence-corrected chi connectivity index (χ4v) is 2.93. The van der Waals surface area contributed by atoms with Crippen LogP contribution in [0.2, 0.25) is 5.02 Å². The van der Waals surface area contributed by atoms with Gasteiger partial charge >= 0.3 is 0 Å². The van der Waals surface area contributed by atoms with E-state index in [0.717, 1.165) is 10.8 Å². The summed E-state index contributed by atoms with van der Waals surface area (Å²) >= 11 is 9.45. The second-order valence-electron chi connectivity index (χ2n) is 4.59. The van der Waals surface area contributed by atoms with Crippen molar-refractivity contribution in [1.82, 2.24) is 0 Å². The minimum absolute atomic E-state index is 0.241. The van der Waals surface area contributed by atoms with Gasteiger partial charge in [-0.2, -0.15) is 0 Å². The maximum atomic E-state index is 13.4. The standard InChI is InChI=1S/C17H9BrClFO/c18-15-7-5-10(20)9-14(15)17(21)13-6-8-16(19)12-4-2-1-3-11(12)13/h1-9H. The summed E-state index contributed by atoms with van der Waals surface area (Å²) in [7, 11) is 0. The predicted molar refractivity (Wildman–Crippen MR) is 86.5 cm³/mol. The number of hydrogen-bond acceptors (Lipinski definition) is 1. The lowest BCUT2D eigenvalue weighted by atomic mass is 9.97. The van der Waals surface area contributed by atoms with E-state index in [9.17, 15) is 9.18 Å². The molecule has 0 aliphatic carbocycles. The van der Waals surface area contributed by atoms with Crippen molar-refractivity contribution in [2.24, 2.45) is 0 Å². The van der Waals surface area contributed by atoms with Crippen molar-refractivity contribution < 1.29 is 9.18 Å². The highest BCUT2D eigenvalue weighted by molar-refractivity contribution is 9.10. The quantitative estimate of drug-likeness (QED) is 0.540. The smallest absolute Gasteiger partial charge is 0.194 e. The first kappa shape index (κ1) is 14.2. The Labute approximate surface area is 134 Å². The first-order chi connectivity index (χ1) is 10.1. The largest absolute Gasteiger partial charge is 0.289 e. The number of hydrogen-bond donors (Lipinski definition) is 0. The zero-order chi connectivity index (χ0) is 15.0. The van der Waals surface area contributed by atoms with Crippen molar-refractivity contribution in [2.45, 2.75) is 0 Å². The van der Waals surface area contributed by atoms with Crippen LogP contribution in [0.4, 0.5) is 4.39 Å². The summed E-state index contributed by atoms with van der Waals surface area (Å²) in [6.45, 7) is 0. The van der Waals surface area contributed by atoms with Crippen LogP contribution in [0.1, 0.15) is 15.9 Å². The molecule has 4 heteroatoms. The Morgan fingerprint density at radius 1 is 0.952 bits per heavy atom. The monoisotopic (exact) mass is 362 g/mol. The minimum atomic E-state index is -0.445. The molecule has 0 fully saturated rings. The molecule has 0 saturated carbocycles. The van der Waals surface area contributed by atoms with Crippen LogP contribution in [0, 0.1) is 5.82 Å². The van der Waals surface area contributed by atoms with E-state index < -0.39 is 5.82 Å². The molecule has 3 rings (SSSR count). The number of benzene rings is 3. The SMILES string of the molecule is O=C(c1cc(F)ccc1Br)c1ccc(Cl)c2ccccc12. The van der Waals surface area contributed by atoms with Crippen molar-refractivity contribution in [3.63, 3.8) is 0 Å². The van der Waals surface area contributed by atoms with Crippen molar-refractivity contribution in [1.29, 1.82) is 0 Å². The summed E-state index contributed by atoms with van der Waals surface area (Å²) in [5.41, 5.74) is 0.795. The Morgan fingerprint density at radius 2 is 1.67 bits per heavy atom. The number of ketones is 1. The van der Waals surface area contributed by atoms with Crippen LogP contribution in [0.3, 0.4) is 0 Å². The van der Waals surface area contributed by atoms with Crippen LogP contribution in [-0.2, 0) is 0 Å². The van der Waals surface area contributed by atoms with Gasteiger partial charge in [0.25, 0.3) is 0 Å². The second-order valence-corrected chi connectivity index (χ2v) is 5.86. The van der Waals surface area contributed by atoms with Gasteiger partial charge < -0.3 is 0 Å². The molecule has 0 radical (unpaired) electrons. The van der Waals surface area contributed by atoms with E-state index in [1.165, 1.54) is 18.2 Å². The van der Waals surface area contributed by atoms with E-state index >= 15 is 0 Å². The lowest BCUT2D eigenvalue weighted by Crippen LogP contribution is -2.04. The molecule has 0 aliphatic heterocycles. The summed E-state index contributed by atoms with van der Waals surface area (Å²) in [6.07, 6.45) is 0. The van der Waals surface area contributed by atoms with E-state index in [4.69, 9.17) is 11.6 Å². The molecule has 0 amide bonds. The zero-order valence-corrected chi connectivity index (χ0v) is 13.1. The molecule has 0 bridgehead atoms. The van der Waals surface area contributed by atoms with Gasteiger partial charge in [0.1, 0.15) is 5.82 Å². The maximum Gasteiger partial charge on any atom is 0.194 e. The molecule has 21 heavy (non-hydrogen) atoms. The second kappa shape index (κ2) is 5.58. The number of carbonyl (C=O) groups excluding carboxylic acids is 1. The fourth-order valence-electron chi connectivity index (χ4n) is 2.28. The number of fused-ring (bicyclic) bond motifs is 1. The van der Waals surface area contributed by atoms with Crippen LogP contribution in [0.5, 0.6) is 0 Å². The zero-order valence-electron chi connectivity index (χ0n) is 10.7. The van der Waals surface area contributed by atoms with E-state index in [1.54, 1.807) is 12.1 Å². The average molecular weight is 364 g/mol. The highest BCUT2D eigenvalue weighted by Crippen LogP contribution is 2.29. The van der Waals surface area contributed by atoms with Gasteiger partial charge in [0.15, 0.2) is 5.78 Å². The van der Waals surface area contributed by atoms with Crippen molar-refractivity contribution in [3.8, 4) is 0 Å². The third kappa shape index (κ3) is 2.59. The molecule has 3 aromatic rings. The molecule has 1 nitrogen and oxygen atoms in total. The van der Waals surface area contributed by atoms with Crippen LogP contribution in [0.15, 0.2) is 59.1 Å². The predicted octanol–water partition coefficient (Wildman–Crippen LogP) is 5.63. The fraction of sp³-hybridized carbons (Fsp3) is 0. The van der Waals surface area contributed by atoms with Gasteiger partial charge in [0.05, 0.1) is 0 Å². The molecule has 104 valence electrons. The minimum Gasteiger partial charge on any atom is -0.289 e. The molecule has 3 aromatic carbocycles. The van der Waals surface area contributed by atoms with Crippen molar-refractivity contribution >= 4 is 44.1 Å². The van der Waals surface area contributed by atoms with E-state index in [-0.39, 0.29) is 5.78 Å². The van der Waals surface area contributed by atoms with Gasteiger partial charge in [-0.25, -0.2) is 4.39 Å². The molecule has 0 saturated heterocycles. The van der Waals surface area contributed by atoms with Gasteiger partial charge in [0.2, 0.25) is 0 Å². The summed E-state index contributed by atoms with van der Waals surface area (Å²) in [4.78, 5) is 12.7. The summed E-state index contributed by atoms with van der Waals surface area (Å²) in [6, 6.07) is 14.8. The summed E-state index contributed by atoms with van der Waals surface area (Å²) in [5.74, 6) is -0.686. The van der Waals surface area contributed by atoms with E-state index in [2.05, 4.69) is 15.9 Å². The number of halogens is 3. The first-order valence-corrected chi connectivity index (χ1v) is 7.42. The van der Waals surface area contributed by atoms with Crippen LogP contribution in [0.25, 0.3) is 10.8 Å². The van der Waals surface area contributed by atoms with Crippen LogP contribution < -0.4 is 0 Å². The van der Waals surface area contributed by atoms with Gasteiger partial charge in [-0.1, -0.05) is 51.8 Å². The van der Waals surface area contributed by atoms with Gasteiger partial charge in [-0.05, 0) is 35.7 Å². The molecule has 0 atom stereocenters. The molecule has 0 heterocycles. The Hall–Kier alpha value is -1.71. The topological polar surface area (TPSA) is 17.1 Å². The third-order valence-corrected chi connectivity index (χ3v) is 4.31. The average Bonchev–Trinajstić information content (AvgIpc) is 2.50. The van der Waals surface area contributed by atoms with E-state index in [0.29, 0.717) is 20.6 Å². The molecule has 0 aromatic heterocycles. The third-order valence-electron chi connectivity index (χ3n) is 3.29. The number of carbonyl (C=O) groups is 1. The lowest BCUT2D eigenvalue weighted by molar-refractivity contribution is 0.103. The van der Waals surface area contributed by atoms with Crippen LogP contribution in [-0.4, -0.2) is 5.78 Å². The maximum absolute atomic E-state index is 13.4. The highest BCUT2D eigenvalue weighted by Gasteiger charge is 2.17. The van der Waals surface area contributed by atoms with Crippen LogP contribution >= 0.6 is 27.5 Å². The molecule has 0 unspecified atom stereocenters. The Bertz CT molecular complexity index is 861. The van der Waals surface area contributed by atoms with Crippen molar-refractivity contribution in [2.75, 3.05) is 0 Å².